The average Bonchev–Trinajstić information content (AvgIpc) is 1.83. The number of aliphatic hydroxyl groups excluding tert-OH is 3. The van der Waals surface area contributed by atoms with Crippen LogP contribution in [-0.2, 0) is 10.4 Å². The maximum atomic E-state index is 8.74. The third-order valence-corrected chi connectivity index (χ3v) is 0.421. The smallest absolute Gasteiger partial charge is 0.394 e. The summed E-state index contributed by atoms with van der Waals surface area (Å²) in [6, 6.07) is 0. The standard InChI is InChI=1S/C3H8O3.H2O4S/c4-1-3(6)2-5;1-5(2,3)4/h3-6H,1-2H2;(H2,1,2,3,4). The minimum atomic E-state index is -4.67. The van der Waals surface area contributed by atoms with Gasteiger partial charge in [0.2, 0.25) is 0 Å². The zero-order valence-electron chi connectivity index (χ0n) is 5.45. The lowest BCUT2D eigenvalue weighted by molar-refractivity contribution is 0.0450. The highest BCUT2D eigenvalue weighted by atomic mass is 32.3. The molecule has 7 nitrogen and oxygen atoms in total. The normalized spacial score (nSPS) is 10.7. The van der Waals surface area contributed by atoms with Crippen LogP contribution < -0.4 is 0 Å². The summed E-state index contributed by atoms with van der Waals surface area (Å²) < 4.78 is 31.6. The van der Waals surface area contributed by atoms with Gasteiger partial charge in [0.15, 0.2) is 0 Å². The number of hydrogen-bond acceptors (Lipinski definition) is 5. The molecule has 0 aliphatic heterocycles. The molecule has 8 heteroatoms. The van der Waals surface area contributed by atoms with Crippen LogP contribution in [0.25, 0.3) is 0 Å². The zero-order valence-corrected chi connectivity index (χ0v) is 6.27. The van der Waals surface area contributed by atoms with E-state index in [4.69, 9.17) is 32.8 Å². The molecule has 0 saturated carbocycles. The first-order valence-corrected chi connectivity index (χ1v) is 3.80. The maximum absolute atomic E-state index is 8.74. The molecule has 0 bridgehead atoms. The highest BCUT2D eigenvalue weighted by Gasteiger charge is 1.93. The van der Waals surface area contributed by atoms with E-state index in [-0.39, 0.29) is 13.2 Å². The van der Waals surface area contributed by atoms with Gasteiger partial charge in [-0.25, -0.2) is 0 Å². The van der Waals surface area contributed by atoms with E-state index in [1.54, 1.807) is 0 Å². The third-order valence-electron chi connectivity index (χ3n) is 0.421. The first-order valence-electron chi connectivity index (χ1n) is 2.41. The molecule has 70 valence electrons. The molecule has 0 heterocycles. The summed E-state index contributed by atoms with van der Waals surface area (Å²) in [4.78, 5) is 0. The van der Waals surface area contributed by atoms with Crippen molar-refractivity contribution in [2.45, 2.75) is 6.10 Å². The predicted octanol–water partition coefficient (Wildman–Crippen LogP) is -2.32. The average molecular weight is 190 g/mol. The molecule has 0 rings (SSSR count). The topological polar surface area (TPSA) is 135 Å². The molecular formula is C3H10O7S. The third kappa shape index (κ3) is 41.6. The van der Waals surface area contributed by atoms with Crippen molar-refractivity contribution < 1.29 is 32.8 Å². The van der Waals surface area contributed by atoms with Gasteiger partial charge >= 0.3 is 10.4 Å². The lowest BCUT2D eigenvalue weighted by Gasteiger charge is -1.96. The van der Waals surface area contributed by atoms with E-state index in [2.05, 4.69) is 0 Å². The van der Waals surface area contributed by atoms with Crippen LogP contribution in [0.3, 0.4) is 0 Å². The molecule has 0 aliphatic carbocycles. The SMILES string of the molecule is O=S(=O)(O)O.OCC(O)CO. The lowest BCUT2D eigenvalue weighted by atomic mass is 10.4. The van der Waals surface area contributed by atoms with Gasteiger partial charge in [-0.05, 0) is 0 Å². The molecule has 0 atom stereocenters. The van der Waals surface area contributed by atoms with Crippen molar-refractivity contribution in [2.24, 2.45) is 0 Å². The van der Waals surface area contributed by atoms with Gasteiger partial charge in [-0.15, -0.1) is 0 Å². The van der Waals surface area contributed by atoms with Gasteiger partial charge in [0, 0.05) is 0 Å². The van der Waals surface area contributed by atoms with Gasteiger partial charge in [0.1, 0.15) is 6.10 Å². The van der Waals surface area contributed by atoms with E-state index in [1.807, 2.05) is 0 Å². The fourth-order valence-corrected chi connectivity index (χ4v) is 0.0577. The van der Waals surface area contributed by atoms with E-state index < -0.39 is 16.5 Å². The fourth-order valence-electron chi connectivity index (χ4n) is 0.0577. The van der Waals surface area contributed by atoms with Crippen LogP contribution in [0.5, 0.6) is 0 Å². The molecule has 5 N–H and O–H groups in total. The van der Waals surface area contributed by atoms with Gasteiger partial charge in [0.05, 0.1) is 13.2 Å². The molecule has 0 unspecified atom stereocenters. The summed E-state index contributed by atoms with van der Waals surface area (Å²) in [5, 5.41) is 24.0. The molecule has 0 amide bonds. The molecule has 0 aromatic rings. The summed E-state index contributed by atoms with van der Waals surface area (Å²) in [6.07, 6.45) is -0.954. The van der Waals surface area contributed by atoms with E-state index >= 15 is 0 Å². The minimum absolute atomic E-state index is 0.365. The summed E-state index contributed by atoms with van der Waals surface area (Å²) in [5.74, 6) is 0. The van der Waals surface area contributed by atoms with Gasteiger partial charge in [-0.1, -0.05) is 0 Å². The van der Waals surface area contributed by atoms with Crippen molar-refractivity contribution in [2.75, 3.05) is 13.2 Å². The highest BCUT2D eigenvalue weighted by molar-refractivity contribution is 7.79. The Morgan fingerprint density at radius 2 is 1.27 bits per heavy atom. The van der Waals surface area contributed by atoms with Gasteiger partial charge in [0.25, 0.3) is 0 Å². The van der Waals surface area contributed by atoms with Crippen LogP contribution in [0.4, 0.5) is 0 Å². The molecule has 0 radical (unpaired) electrons. The van der Waals surface area contributed by atoms with Crippen molar-refractivity contribution >= 4 is 10.4 Å². The van der Waals surface area contributed by atoms with Crippen molar-refractivity contribution in [3.8, 4) is 0 Å². The van der Waals surface area contributed by atoms with Gasteiger partial charge in [-0.3, -0.25) is 9.11 Å². The van der Waals surface area contributed by atoms with Crippen molar-refractivity contribution in [3.63, 3.8) is 0 Å². The first-order chi connectivity index (χ1) is 4.81. The van der Waals surface area contributed by atoms with Crippen LogP contribution in [-0.4, -0.2) is 52.2 Å². The first kappa shape index (κ1) is 13.3. The van der Waals surface area contributed by atoms with Crippen LogP contribution in [0.2, 0.25) is 0 Å². The second-order valence-corrected chi connectivity index (χ2v) is 2.36. The Hall–Kier alpha value is -0.250. The quantitative estimate of drug-likeness (QED) is 0.308. The number of rotatable bonds is 2. The Bertz CT molecular complexity index is 149. The summed E-state index contributed by atoms with van der Waals surface area (Å²) in [5.41, 5.74) is 0. The Morgan fingerprint density at radius 3 is 1.27 bits per heavy atom. The Balaban J connectivity index is 0. The van der Waals surface area contributed by atoms with E-state index in [0.29, 0.717) is 0 Å². The van der Waals surface area contributed by atoms with E-state index in [1.165, 1.54) is 0 Å². The van der Waals surface area contributed by atoms with E-state index in [9.17, 15) is 0 Å². The highest BCUT2D eigenvalue weighted by Crippen LogP contribution is 1.71. The summed E-state index contributed by atoms with van der Waals surface area (Å²) in [7, 11) is -4.67. The minimum Gasteiger partial charge on any atom is -0.394 e. The lowest BCUT2D eigenvalue weighted by Crippen LogP contribution is -2.15. The summed E-state index contributed by atoms with van der Waals surface area (Å²) in [6.45, 7) is -0.729. The largest absolute Gasteiger partial charge is 0.394 e. The van der Waals surface area contributed by atoms with Crippen molar-refractivity contribution in [1.29, 1.82) is 0 Å². The van der Waals surface area contributed by atoms with E-state index in [0.717, 1.165) is 0 Å². The molecule has 0 saturated heterocycles. The fraction of sp³-hybridized carbons (Fsp3) is 1.00. The molecule has 0 spiro atoms. The number of aliphatic hydroxyl groups is 3. The molecule has 0 aromatic heterocycles. The molecule has 0 fully saturated rings. The molecule has 0 aromatic carbocycles. The van der Waals surface area contributed by atoms with Crippen LogP contribution >= 0.6 is 0 Å². The van der Waals surface area contributed by atoms with Crippen molar-refractivity contribution in [1.82, 2.24) is 0 Å². The van der Waals surface area contributed by atoms with Gasteiger partial charge in [-0.2, -0.15) is 8.42 Å². The Labute approximate surface area is 63.5 Å². The molecule has 0 aliphatic rings. The second kappa shape index (κ2) is 6.46. The van der Waals surface area contributed by atoms with Crippen molar-refractivity contribution in [3.05, 3.63) is 0 Å². The predicted molar refractivity (Wildman–Crippen MR) is 34.4 cm³/mol. The monoisotopic (exact) mass is 190 g/mol. The maximum Gasteiger partial charge on any atom is 0.394 e. The van der Waals surface area contributed by atoms with Crippen LogP contribution in [0, 0.1) is 0 Å². The Kier molecular flexibility index (Phi) is 7.84. The Morgan fingerprint density at radius 1 is 1.09 bits per heavy atom. The second-order valence-electron chi connectivity index (χ2n) is 1.47. The summed E-state index contributed by atoms with van der Waals surface area (Å²) >= 11 is 0. The van der Waals surface area contributed by atoms with Crippen LogP contribution in [0.1, 0.15) is 0 Å². The van der Waals surface area contributed by atoms with Crippen LogP contribution in [0.15, 0.2) is 0 Å². The number of hydrogen-bond donors (Lipinski definition) is 5. The molecule has 11 heavy (non-hydrogen) atoms. The zero-order chi connectivity index (χ0) is 9.49. The molecular weight excluding hydrogens is 180 g/mol. The van der Waals surface area contributed by atoms with Gasteiger partial charge < -0.3 is 15.3 Å².